The summed E-state index contributed by atoms with van der Waals surface area (Å²) >= 11 is 0. The molecule has 0 spiro atoms. The highest BCUT2D eigenvalue weighted by molar-refractivity contribution is 5.95. The molecule has 19 heavy (non-hydrogen) atoms. The number of hydrogen-bond donors (Lipinski definition) is 3. The maximum absolute atomic E-state index is 11.1. The minimum atomic E-state index is -0.966. The van der Waals surface area contributed by atoms with Crippen LogP contribution in [0.25, 0.3) is 0 Å². The van der Waals surface area contributed by atoms with Crippen LogP contribution in [-0.2, 0) is 6.54 Å². The number of carboxylic acids is 1. The molecular formula is C15H16N2O2. The first kappa shape index (κ1) is 13.0. The highest BCUT2D eigenvalue weighted by atomic mass is 16.4. The lowest BCUT2D eigenvalue weighted by Gasteiger charge is -2.11. The Bertz CT molecular complexity index is 609. The molecule has 4 N–H and O–H groups in total. The van der Waals surface area contributed by atoms with Crippen molar-refractivity contribution in [3.63, 3.8) is 0 Å². The third-order valence-corrected chi connectivity index (χ3v) is 2.84. The molecule has 0 fully saturated rings. The van der Waals surface area contributed by atoms with Gasteiger partial charge in [0, 0.05) is 12.2 Å². The standard InChI is InChI=1S/C15H16N2O2/c1-10-3-2-4-11(7-10)9-17-14-8-12(16)5-6-13(14)15(18)19/h2-8,17H,9,16H2,1H3,(H,18,19). The average Bonchev–Trinajstić information content (AvgIpc) is 2.36. The minimum Gasteiger partial charge on any atom is -0.478 e. The Kier molecular flexibility index (Phi) is 3.71. The van der Waals surface area contributed by atoms with E-state index >= 15 is 0 Å². The van der Waals surface area contributed by atoms with Crippen LogP contribution < -0.4 is 11.1 Å². The monoisotopic (exact) mass is 256 g/mol. The Morgan fingerprint density at radius 1 is 1.26 bits per heavy atom. The first-order chi connectivity index (χ1) is 9.06. The van der Waals surface area contributed by atoms with Crippen LogP contribution in [0.2, 0.25) is 0 Å². The first-order valence-electron chi connectivity index (χ1n) is 5.98. The van der Waals surface area contributed by atoms with Crippen LogP contribution in [0.5, 0.6) is 0 Å². The van der Waals surface area contributed by atoms with E-state index in [0.29, 0.717) is 17.9 Å². The molecule has 0 radical (unpaired) electrons. The van der Waals surface area contributed by atoms with Crippen molar-refractivity contribution in [1.82, 2.24) is 0 Å². The Hall–Kier alpha value is -2.49. The van der Waals surface area contributed by atoms with Crippen molar-refractivity contribution in [3.8, 4) is 0 Å². The number of nitrogen functional groups attached to an aromatic ring is 1. The summed E-state index contributed by atoms with van der Waals surface area (Å²) in [6.45, 7) is 2.58. The van der Waals surface area contributed by atoms with E-state index < -0.39 is 5.97 Å². The van der Waals surface area contributed by atoms with Crippen LogP contribution in [0, 0.1) is 6.92 Å². The molecule has 0 aromatic heterocycles. The van der Waals surface area contributed by atoms with Crippen molar-refractivity contribution in [2.75, 3.05) is 11.1 Å². The van der Waals surface area contributed by atoms with Gasteiger partial charge in [-0.05, 0) is 30.7 Å². The molecule has 0 bridgehead atoms. The summed E-state index contributed by atoms with van der Waals surface area (Å²) in [5, 5.41) is 12.2. The van der Waals surface area contributed by atoms with Crippen molar-refractivity contribution in [1.29, 1.82) is 0 Å². The number of carboxylic acid groups (broad SMARTS) is 1. The zero-order valence-corrected chi connectivity index (χ0v) is 10.7. The summed E-state index contributed by atoms with van der Waals surface area (Å²) in [5.41, 5.74) is 9.25. The molecule has 0 aliphatic carbocycles. The van der Waals surface area contributed by atoms with Gasteiger partial charge >= 0.3 is 5.97 Å². The fourth-order valence-corrected chi connectivity index (χ4v) is 1.91. The van der Waals surface area contributed by atoms with Crippen molar-refractivity contribution in [2.45, 2.75) is 13.5 Å². The zero-order chi connectivity index (χ0) is 13.8. The second kappa shape index (κ2) is 5.44. The summed E-state index contributed by atoms with van der Waals surface area (Å²) in [4.78, 5) is 11.1. The Morgan fingerprint density at radius 2 is 2.05 bits per heavy atom. The van der Waals surface area contributed by atoms with Crippen LogP contribution >= 0.6 is 0 Å². The lowest BCUT2D eigenvalue weighted by molar-refractivity contribution is 0.0698. The molecule has 2 aromatic rings. The van der Waals surface area contributed by atoms with Crippen LogP contribution in [0.4, 0.5) is 11.4 Å². The fourth-order valence-electron chi connectivity index (χ4n) is 1.91. The van der Waals surface area contributed by atoms with Gasteiger partial charge in [-0.3, -0.25) is 0 Å². The van der Waals surface area contributed by atoms with Crippen LogP contribution in [0.15, 0.2) is 42.5 Å². The van der Waals surface area contributed by atoms with Gasteiger partial charge in [0.05, 0.1) is 11.3 Å². The molecule has 0 atom stereocenters. The molecule has 0 aliphatic rings. The Labute approximate surface area is 111 Å². The predicted octanol–water partition coefficient (Wildman–Crippen LogP) is 2.89. The molecule has 0 saturated heterocycles. The molecule has 4 nitrogen and oxygen atoms in total. The average molecular weight is 256 g/mol. The minimum absolute atomic E-state index is 0.224. The van der Waals surface area contributed by atoms with Gasteiger partial charge in [-0.25, -0.2) is 4.79 Å². The number of aromatic carboxylic acids is 1. The third kappa shape index (κ3) is 3.25. The van der Waals surface area contributed by atoms with Gasteiger partial charge in [-0.2, -0.15) is 0 Å². The summed E-state index contributed by atoms with van der Waals surface area (Å²) in [6, 6.07) is 12.8. The van der Waals surface area contributed by atoms with Gasteiger partial charge in [0.15, 0.2) is 0 Å². The maximum atomic E-state index is 11.1. The first-order valence-corrected chi connectivity index (χ1v) is 5.98. The predicted molar refractivity (Wildman–Crippen MR) is 76.3 cm³/mol. The van der Waals surface area contributed by atoms with E-state index in [9.17, 15) is 4.79 Å². The molecule has 2 rings (SSSR count). The second-order valence-corrected chi connectivity index (χ2v) is 4.45. The number of carbonyl (C=O) groups is 1. The zero-order valence-electron chi connectivity index (χ0n) is 10.7. The van der Waals surface area contributed by atoms with Gasteiger partial charge in [-0.1, -0.05) is 29.8 Å². The summed E-state index contributed by atoms with van der Waals surface area (Å²) in [6.07, 6.45) is 0. The van der Waals surface area contributed by atoms with Gasteiger partial charge in [0.2, 0.25) is 0 Å². The molecular weight excluding hydrogens is 240 g/mol. The van der Waals surface area contributed by atoms with Gasteiger partial charge < -0.3 is 16.2 Å². The highest BCUT2D eigenvalue weighted by Crippen LogP contribution is 2.20. The fraction of sp³-hybridized carbons (Fsp3) is 0.133. The molecule has 2 aromatic carbocycles. The summed E-state index contributed by atoms with van der Waals surface area (Å²) in [5.74, 6) is -0.966. The summed E-state index contributed by atoms with van der Waals surface area (Å²) in [7, 11) is 0. The Morgan fingerprint density at radius 3 is 2.74 bits per heavy atom. The van der Waals surface area contributed by atoms with E-state index in [1.54, 1.807) is 12.1 Å². The van der Waals surface area contributed by atoms with Crippen LogP contribution in [-0.4, -0.2) is 11.1 Å². The van der Waals surface area contributed by atoms with Crippen LogP contribution in [0.1, 0.15) is 21.5 Å². The normalized spacial score (nSPS) is 10.2. The van der Waals surface area contributed by atoms with E-state index in [-0.39, 0.29) is 5.56 Å². The lowest BCUT2D eigenvalue weighted by atomic mass is 10.1. The number of anilines is 2. The van der Waals surface area contributed by atoms with Crippen molar-refractivity contribution < 1.29 is 9.90 Å². The number of rotatable bonds is 4. The molecule has 0 aliphatic heterocycles. The molecule has 4 heteroatoms. The van der Waals surface area contributed by atoms with Gasteiger partial charge in [0.25, 0.3) is 0 Å². The van der Waals surface area contributed by atoms with Crippen molar-refractivity contribution >= 4 is 17.3 Å². The topological polar surface area (TPSA) is 75.3 Å². The van der Waals surface area contributed by atoms with E-state index in [1.165, 1.54) is 11.6 Å². The highest BCUT2D eigenvalue weighted by Gasteiger charge is 2.09. The van der Waals surface area contributed by atoms with E-state index in [4.69, 9.17) is 10.8 Å². The van der Waals surface area contributed by atoms with E-state index in [0.717, 1.165) is 5.56 Å². The largest absolute Gasteiger partial charge is 0.478 e. The van der Waals surface area contributed by atoms with Crippen molar-refractivity contribution in [2.24, 2.45) is 0 Å². The number of nitrogens with two attached hydrogens (primary N) is 1. The molecule has 0 saturated carbocycles. The number of nitrogens with one attached hydrogen (secondary N) is 1. The smallest absolute Gasteiger partial charge is 0.337 e. The molecule has 98 valence electrons. The summed E-state index contributed by atoms with van der Waals surface area (Å²) < 4.78 is 0. The quantitative estimate of drug-likeness (QED) is 0.735. The lowest BCUT2D eigenvalue weighted by Crippen LogP contribution is -2.07. The number of aryl methyl sites for hydroxylation is 1. The SMILES string of the molecule is Cc1cccc(CNc2cc(N)ccc2C(=O)O)c1. The number of hydrogen-bond acceptors (Lipinski definition) is 3. The van der Waals surface area contributed by atoms with Gasteiger partial charge in [-0.15, -0.1) is 0 Å². The van der Waals surface area contributed by atoms with E-state index in [1.807, 2.05) is 25.1 Å². The van der Waals surface area contributed by atoms with E-state index in [2.05, 4.69) is 11.4 Å². The third-order valence-electron chi connectivity index (χ3n) is 2.84. The maximum Gasteiger partial charge on any atom is 0.337 e. The number of benzene rings is 2. The van der Waals surface area contributed by atoms with Crippen molar-refractivity contribution in [3.05, 3.63) is 59.2 Å². The molecule has 0 heterocycles. The van der Waals surface area contributed by atoms with Crippen LogP contribution in [0.3, 0.4) is 0 Å². The Balaban J connectivity index is 2.19. The molecule has 0 unspecified atom stereocenters. The molecule has 0 amide bonds. The second-order valence-electron chi connectivity index (χ2n) is 4.45. The van der Waals surface area contributed by atoms with Gasteiger partial charge in [0.1, 0.15) is 0 Å².